The highest BCUT2D eigenvalue weighted by atomic mass is 32.1. The van der Waals surface area contributed by atoms with E-state index in [1.54, 1.807) is 16.2 Å². The molecule has 0 radical (unpaired) electrons. The van der Waals surface area contributed by atoms with Crippen molar-refractivity contribution in [3.8, 4) is 5.75 Å². The average Bonchev–Trinajstić information content (AvgIpc) is 3.17. The standard InChI is InChI=1S/C21H20N4O4S/c1-11-12(10-24(3)23-11)9-15-18(26)25-17-13-7-5-6-8-14(13)29-21(2,22-20(25)30-15)16(17)19(27)28-4/h5-10,16-17H,1-4H3/b15-9+/t16-,17-,21-/m0/s1. The van der Waals surface area contributed by atoms with Gasteiger partial charge in [0.15, 0.2) is 4.80 Å². The number of thiazole rings is 1. The number of hydrogen-bond donors (Lipinski definition) is 0. The number of carbonyl (C=O) groups excluding carboxylic acids is 1. The molecule has 8 nitrogen and oxygen atoms in total. The van der Waals surface area contributed by atoms with Crippen LogP contribution in [0.2, 0.25) is 0 Å². The lowest BCUT2D eigenvalue weighted by molar-refractivity contribution is -0.158. The van der Waals surface area contributed by atoms with Gasteiger partial charge in [-0.3, -0.25) is 18.8 Å². The van der Waals surface area contributed by atoms with Crippen LogP contribution in [-0.4, -0.2) is 33.2 Å². The highest BCUT2D eigenvalue weighted by molar-refractivity contribution is 7.07. The second-order valence-electron chi connectivity index (χ2n) is 7.66. The molecule has 0 aliphatic carbocycles. The molecule has 5 rings (SSSR count). The molecule has 2 aromatic heterocycles. The number of fused-ring (bicyclic) bond motifs is 6. The predicted octanol–water partition coefficient (Wildman–Crippen LogP) is 0.901. The number of aryl methyl sites for hydroxylation is 2. The number of hydrogen-bond acceptors (Lipinski definition) is 7. The van der Waals surface area contributed by atoms with Gasteiger partial charge >= 0.3 is 5.97 Å². The highest BCUT2D eigenvalue weighted by Crippen LogP contribution is 2.47. The topological polar surface area (TPSA) is 87.7 Å². The summed E-state index contributed by atoms with van der Waals surface area (Å²) < 4.78 is 15.1. The normalized spacial score (nSPS) is 24.5. The largest absolute Gasteiger partial charge is 0.469 e. The molecule has 3 atom stereocenters. The minimum Gasteiger partial charge on any atom is -0.469 e. The van der Waals surface area contributed by atoms with E-state index in [9.17, 15) is 9.59 Å². The molecule has 0 amide bonds. The summed E-state index contributed by atoms with van der Waals surface area (Å²) in [5.74, 6) is -0.616. The van der Waals surface area contributed by atoms with Gasteiger partial charge in [0.1, 0.15) is 11.7 Å². The molecule has 154 valence electrons. The zero-order valence-electron chi connectivity index (χ0n) is 16.9. The van der Waals surface area contributed by atoms with E-state index in [-0.39, 0.29) is 5.56 Å². The van der Waals surface area contributed by atoms with Crippen LogP contribution in [0.3, 0.4) is 0 Å². The number of nitrogens with zero attached hydrogens (tertiary/aromatic N) is 4. The number of rotatable bonds is 2. The van der Waals surface area contributed by atoms with Gasteiger partial charge in [-0.25, -0.2) is 4.99 Å². The van der Waals surface area contributed by atoms with Crippen LogP contribution in [0.1, 0.15) is 29.8 Å². The van der Waals surface area contributed by atoms with Crippen molar-refractivity contribution in [3.63, 3.8) is 0 Å². The first-order valence-corrected chi connectivity index (χ1v) is 10.3. The molecule has 0 saturated carbocycles. The average molecular weight is 424 g/mol. The second kappa shape index (κ2) is 6.40. The second-order valence-corrected chi connectivity index (χ2v) is 8.67. The Bertz CT molecular complexity index is 1370. The molecular weight excluding hydrogens is 404 g/mol. The lowest BCUT2D eigenvalue weighted by atomic mass is 9.81. The van der Waals surface area contributed by atoms with E-state index in [1.165, 1.54) is 18.4 Å². The fourth-order valence-electron chi connectivity index (χ4n) is 4.33. The molecule has 30 heavy (non-hydrogen) atoms. The van der Waals surface area contributed by atoms with E-state index in [1.807, 2.05) is 50.5 Å². The van der Waals surface area contributed by atoms with Gasteiger partial charge in [-0.2, -0.15) is 5.10 Å². The molecule has 0 spiro atoms. The Morgan fingerprint density at radius 2 is 2.13 bits per heavy atom. The summed E-state index contributed by atoms with van der Waals surface area (Å²) >= 11 is 1.29. The van der Waals surface area contributed by atoms with Crippen LogP contribution in [0, 0.1) is 12.8 Å². The van der Waals surface area contributed by atoms with Gasteiger partial charge in [0.2, 0.25) is 5.72 Å². The maximum Gasteiger partial charge on any atom is 0.317 e. The molecule has 0 fully saturated rings. The zero-order valence-corrected chi connectivity index (χ0v) is 17.8. The number of ether oxygens (including phenoxy) is 2. The maximum atomic E-state index is 13.5. The predicted molar refractivity (Wildman–Crippen MR) is 110 cm³/mol. The molecule has 4 heterocycles. The minimum atomic E-state index is -1.16. The van der Waals surface area contributed by atoms with Gasteiger partial charge < -0.3 is 9.47 Å². The Labute approximate surface area is 175 Å². The first kappa shape index (κ1) is 18.8. The Balaban J connectivity index is 1.81. The summed E-state index contributed by atoms with van der Waals surface area (Å²) in [6.07, 6.45) is 3.69. The van der Waals surface area contributed by atoms with E-state index >= 15 is 0 Å². The van der Waals surface area contributed by atoms with Crippen molar-refractivity contribution >= 4 is 23.4 Å². The maximum absolute atomic E-state index is 13.5. The summed E-state index contributed by atoms with van der Waals surface area (Å²) in [7, 11) is 3.18. The van der Waals surface area contributed by atoms with E-state index in [0.29, 0.717) is 15.1 Å². The SMILES string of the molecule is COC(=O)[C@@H]1[C@@H]2c3ccccc3O[C@]1(C)N=c1s/c(=C/c3cn(C)nc3C)c(=O)n12. The fraction of sp³-hybridized carbons (Fsp3) is 0.333. The van der Waals surface area contributed by atoms with E-state index in [2.05, 4.69) is 5.10 Å². The Morgan fingerprint density at radius 3 is 2.83 bits per heavy atom. The number of aromatic nitrogens is 3. The summed E-state index contributed by atoms with van der Waals surface area (Å²) in [4.78, 5) is 31.5. The first-order chi connectivity index (χ1) is 14.3. The summed E-state index contributed by atoms with van der Waals surface area (Å²) in [6.45, 7) is 3.66. The summed E-state index contributed by atoms with van der Waals surface area (Å²) in [5, 5.41) is 4.34. The number of carbonyl (C=O) groups is 1. The van der Waals surface area contributed by atoms with Crippen molar-refractivity contribution < 1.29 is 14.3 Å². The van der Waals surface area contributed by atoms with Gasteiger partial charge in [-0.05, 0) is 26.0 Å². The van der Waals surface area contributed by atoms with Crippen molar-refractivity contribution in [2.45, 2.75) is 25.6 Å². The quantitative estimate of drug-likeness (QED) is 0.571. The van der Waals surface area contributed by atoms with Crippen molar-refractivity contribution in [3.05, 3.63) is 67.0 Å². The number of esters is 1. The van der Waals surface area contributed by atoms with Crippen LogP contribution in [0.25, 0.3) is 6.08 Å². The van der Waals surface area contributed by atoms with Crippen LogP contribution in [0.15, 0.2) is 40.2 Å². The van der Waals surface area contributed by atoms with E-state index in [4.69, 9.17) is 14.5 Å². The Hall–Kier alpha value is -3.20. The van der Waals surface area contributed by atoms with E-state index in [0.717, 1.165) is 16.8 Å². The first-order valence-electron chi connectivity index (χ1n) is 9.51. The van der Waals surface area contributed by atoms with Crippen LogP contribution in [-0.2, 0) is 16.6 Å². The van der Waals surface area contributed by atoms with Crippen LogP contribution < -0.4 is 19.6 Å². The summed E-state index contributed by atoms with van der Waals surface area (Å²) in [5.41, 5.74) is 1.11. The molecule has 2 bridgehead atoms. The van der Waals surface area contributed by atoms with Gasteiger partial charge in [0, 0.05) is 24.4 Å². The van der Waals surface area contributed by atoms with Crippen LogP contribution in [0.5, 0.6) is 5.75 Å². The molecule has 3 aromatic rings. The summed E-state index contributed by atoms with van der Waals surface area (Å²) in [6, 6.07) is 6.88. The third-order valence-corrected chi connectivity index (χ3v) is 6.66. The lowest BCUT2D eigenvalue weighted by Crippen LogP contribution is -2.58. The molecule has 0 unspecified atom stereocenters. The monoisotopic (exact) mass is 424 g/mol. The third-order valence-electron chi connectivity index (χ3n) is 5.67. The molecule has 1 aromatic carbocycles. The van der Waals surface area contributed by atoms with Gasteiger partial charge in [-0.1, -0.05) is 29.5 Å². The number of para-hydroxylation sites is 1. The van der Waals surface area contributed by atoms with Gasteiger partial charge in [0.05, 0.1) is 23.4 Å². The number of methoxy groups -OCH3 is 1. The molecule has 2 aliphatic heterocycles. The third kappa shape index (κ3) is 2.58. The highest BCUT2D eigenvalue weighted by Gasteiger charge is 2.55. The molecule has 9 heteroatoms. The van der Waals surface area contributed by atoms with E-state index < -0.39 is 23.7 Å². The smallest absolute Gasteiger partial charge is 0.317 e. The van der Waals surface area contributed by atoms with Crippen molar-refractivity contribution in [2.24, 2.45) is 18.0 Å². The Morgan fingerprint density at radius 1 is 1.37 bits per heavy atom. The minimum absolute atomic E-state index is 0.195. The van der Waals surface area contributed by atoms with Gasteiger partial charge in [0.25, 0.3) is 5.56 Å². The zero-order chi connectivity index (χ0) is 21.2. The van der Waals surface area contributed by atoms with Crippen LogP contribution in [0.4, 0.5) is 0 Å². The van der Waals surface area contributed by atoms with Crippen molar-refractivity contribution in [1.82, 2.24) is 14.3 Å². The molecule has 2 aliphatic rings. The Kier molecular flexibility index (Phi) is 4.01. The molecule has 0 saturated heterocycles. The van der Waals surface area contributed by atoms with Crippen LogP contribution >= 0.6 is 11.3 Å². The number of benzene rings is 1. The van der Waals surface area contributed by atoms with Crippen molar-refractivity contribution in [1.29, 1.82) is 0 Å². The van der Waals surface area contributed by atoms with Crippen molar-refractivity contribution in [2.75, 3.05) is 7.11 Å². The lowest BCUT2D eigenvalue weighted by Gasteiger charge is -2.44. The molecular formula is C21H20N4O4S. The van der Waals surface area contributed by atoms with Gasteiger partial charge in [-0.15, -0.1) is 0 Å². The molecule has 0 N–H and O–H groups in total. The fourth-order valence-corrected chi connectivity index (χ4v) is 5.42.